The van der Waals surface area contributed by atoms with Crippen LogP contribution in [-0.4, -0.2) is 22.6 Å². The number of aromatic nitrogens is 1. The van der Waals surface area contributed by atoms with Crippen molar-refractivity contribution in [1.29, 1.82) is 0 Å². The summed E-state index contributed by atoms with van der Waals surface area (Å²) in [6, 6.07) is 15.1. The Morgan fingerprint density at radius 2 is 1.90 bits per heavy atom. The minimum atomic E-state index is 0.609. The van der Waals surface area contributed by atoms with Crippen molar-refractivity contribution in [2.75, 3.05) is 13.1 Å². The monoisotopic (exact) mass is 266 g/mol. The second-order valence-corrected chi connectivity index (χ2v) is 5.83. The van der Waals surface area contributed by atoms with Crippen molar-refractivity contribution >= 4 is 5.57 Å². The van der Waals surface area contributed by atoms with Gasteiger partial charge in [0.05, 0.1) is 0 Å². The topological polar surface area (TPSA) is 8.17 Å². The zero-order chi connectivity index (χ0) is 13.9. The molecule has 0 bridgehead atoms. The van der Waals surface area contributed by atoms with E-state index in [4.69, 9.17) is 0 Å². The molecule has 0 saturated carbocycles. The lowest BCUT2D eigenvalue weighted by molar-refractivity contribution is 0.264. The number of rotatable bonds is 3. The fourth-order valence-electron chi connectivity index (χ4n) is 3.08. The van der Waals surface area contributed by atoms with Crippen LogP contribution in [0.25, 0.3) is 5.57 Å². The predicted octanol–water partition coefficient (Wildman–Crippen LogP) is 3.56. The zero-order valence-electron chi connectivity index (χ0n) is 12.3. The van der Waals surface area contributed by atoms with Crippen LogP contribution in [0.4, 0.5) is 0 Å². The summed E-state index contributed by atoms with van der Waals surface area (Å²) in [6.07, 6.45) is 4.55. The first-order valence-corrected chi connectivity index (χ1v) is 7.31. The van der Waals surface area contributed by atoms with E-state index in [1.807, 2.05) is 0 Å². The van der Waals surface area contributed by atoms with Crippen LogP contribution in [0.1, 0.15) is 18.2 Å². The van der Waals surface area contributed by atoms with Crippen molar-refractivity contribution in [3.05, 3.63) is 66.0 Å². The summed E-state index contributed by atoms with van der Waals surface area (Å²) in [5.74, 6) is 0.609. The van der Waals surface area contributed by atoms with Gasteiger partial charge in [-0.15, -0.1) is 0 Å². The highest BCUT2D eigenvalue weighted by Gasteiger charge is 2.19. The van der Waals surface area contributed by atoms with E-state index in [0.29, 0.717) is 5.92 Å². The molecule has 0 aliphatic carbocycles. The maximum absolute atomic E-state index is 2.54. The predicted molar refractivity (Wildman–Crippen MR) is 84.3 cm³/mol. The molecule has 0 amide bonds. The van der Waals surface area contributed by atoms with Crippen molar-refractivity contribution in [3.63, 3.8) is 0 Å². The standard InChI is InChI=1S/C18H22N2/c1-15-11-17(18-9-6-10-19(18)2)14-20(12-15)13-16-7-4-3-5-8-16/h3-11,15H,12-14H2,1-2H3. The highest BCUT2D eigenvalue weighted by molar-refractivity contribution is 5.65. The lowest BCUT2D eigenvalue weighted by Gasteiger charge is -2.31. The fourth-order valence-corrected chi connectivity index (χ4v) is 3.08. The molecule has 1 unspecified atom stereocenters. The summed E-state index contributed by atoms with van der Waals surface area (Å²) in [7, 11) is 2.12. The van der Waals surface area contributed by atoms with Gasteiger partial charge in [-0.2, -0.15) is 0 Å². The van der Waals surface area contributed by atoms with E-state index in [-0.39, 0.29) is 0 Å². The fraction of sp³-hybridized carbons (Fsp3) is 0.333. The average Bonchev–Trinajstić information content (AvgIpc) is 2.85. The summed E-state index contributed by atoms with van der Waals surface area (Å²) in [5, 5.41) is 0. The minimum Gasteiger partial charge on any atom is -0.351 e. The normalized spacial score (nSPS) is 19.9. The van der Waals surface area contributed by atoms with Gasteiger partial charge in [0.15, 0.2) is 0 Å². The third-order valence-corrected chi connectivity index (χ3v) is 3.95. The van der Waals surface area contributed by atoms with Crippen LogP contribution in [0.3, 0.4) is 0 Å². The van der Waals surface area contributed by atoms with Crippen LogP contribution in [0.15, 0.2) is 54.7 Å². The van der Waals surface area contributed by atoms with Gasteiger partial charge in [0.25, 0.3) is 0 Å². The summed E-state index contributed by atoms with van der Waals surface area (Å²) in [4.78, 5) is 2.54. The maximum Gasteiger partial charge on any atom is 0.0446 e. The Morgan fingerprint density at radius 3 is 2.60 bits per heavy atom. The van der Waals surface area contributed by atoms with Crippen molar-refractivity contribution in [1.82, 2.24) is 9.47 Å². The first kappa shape index (κ1) is 13.2. The Morgan fingerprint density at radius 1 is 1.10 bits per heavy atom. The first-order valence-electron chi connectivity index (χ1n) is 7.31. The number of hydrogen-bond acceptors (Lipinski definition) is 1. The van der Waals surface area contributed by atoms with Gasteiger partial charge in [0.1, 0.15) is 0 Å². The Labute approximate surface area is 121 Å². The quantitative estimate of drug-likeness (QED) is 0.824. The van der Waals surface area contributed by atoms with E-state index in [9.17, 15) is 0 Å². The molecule has 0 spiro atoms. The third kappa shape index (κ3) is 2.86. The molecule has 0 radical (unpaired) electrons. The van der Waals surface area contributed by atoms with Gasteiger partial charge in [-0.1, -0.05) is 43.3 Å². The molecule has 2 heterocycles. The molecular weight excluding hydrogens is 244 g/mol. The summed E-state index contributed by atoms with van der Waals surface area (Å²) >= 11 is 0. The molecule has 1 aromatic carbocycles. The lowest BCUT2D eigenvalue weighted by atomic mass is 9.98. The molecule has 0 saturated heterocycles. The average molecular weight is 266 g/mol. The van der Waals surface area contributed by atoms with Gasteiger partial charge in [0.2, 0.25) is 0 Å². The Kier molecular flexibility index (Phi) is 3.75. The molecule has 0 N–H and O–H groups in total. The molecule has 1 atom stereocenters. The van der Waals surface area contributed by atoms with Gasteiger partial charge in [0, 0.05) is 38.6 Å². The SMILES string of the molecule is CC1C=C(c2cccn2C)CN(Cc2ccccc2)C1. The molecule has 1 aliphatic heterocycles. The number of aryl methyl sites for hydroxylation is 1. The van der Waals surface area contributed by atoms with E-state index in [0.717, 1.165) is 19.6 Å². The van der Waals surface area contributed by atoms with Crippen molar-refractivity contribution in [2.45, 2.75) is 13.5 Å². The highest BCUT2D eigenvalue weighted by atomic mass is 15.1. The van der Waals surface area contributed by atoms with E-state index >= 15 is 0 Å². The second-order valence-electron chi connectivity index (χ2n) is 5.83. The second kappa shape index (κ2) is 5.68. The number of hydrogen-bond donors (Lipinski definition) is 0. The Bertz CT molecular complexity index is 595. The molecule has 3 rings (SSSR count). The van der Waals surface area contributed by atoms with Crippen LogP contribution in [0, 0.1) is 5.92 Å². The van der Waals surface area contributed by atoms with Gasteiger partial charge in [-0.05, 0) is 29.2 Å². The van der Waals surface area contributed by atoms with E-state index in [1.165, 1.54) is 16.8 Å². The van der Waals surface area contributed by atoms with Crippen LogP contribution in [0.5, 0.6) is 0 Å². The number of nitrogens with zero attached hydrogens (tertiary/aromatic N) is 2. The Balaban J connectivity index is 1.77. The largest absolute Gasteiger partial charge is 0.351 e. The minimum absolute atomic E-state index is 0.609. The molecular formula is C18H22N2. The smallest absolute Gasteiger partial charge is 0.0446 e. The summed E-state index contributed by atoms with van der Waals surface area (Å²) < 4.78 is 2.21. The molecule has 2 aromatic rings. The van der Waals surface area contributed by atoms with Gasteiger partial charge in [-0.3, -0.25) is 4.90 Å². The first-order chi connectivity index (χ1) is 9.72. The van der Waals surface area contributed by atoms with Crippen LogP contribution in [-0.2, 0) is 13.6 Å². The van der Waals surface area contributed by atoms with Crippen molar-refractivity contribution in [2.24, 2.45) is 13.0 Å². The molecule has 1 aromatic heterocycles. The molecule has 2 nitrogen and oxygen atoms in total. The molecule has 2 heteroatoms. The van der Waals surface area contributed by atoms with Gasteiger partial charge < -0.3 is 4.57 Å². The van der Waals surface area contributed by atoms with E-state index in [1.54, 1.807) is 0 Å². The lowest BCUT2D eigenvalue weighted by Crippen LogP contribution is -2.33. The van der Waals surface area contributed by atoms with Crippen LogP contribution in [0.2, 0.25) is 0 Å². The van der Waals surface area contributed by atoms with E-state index in [2.05, 4.69) is 78.2 Å². The van der Waals surface area contributed by atoms with Gasteiger partial charge >= 0.3 is 0 Å². The molecule has 104 valence electrons. The third-order valence-electron chi connectivity index (χ3n) is 3.95. The highest BCUT2D eigenvalue weighted by Crippen LogP contribution is 2.24. The van der Waals surface area contributed by atoms with Crippen molar-refractivity contribution in [3.8, 4) is 0 Å². The molecule has 20 heavy (non-hydrogen) atoms. The summed E-state index contributed by atoms with van der Waals surface area (Å²) in [6.45, 7) is 5.52. The molecule has 0 fully saturated rings. The van der Waals surface area contributed by atoms with E-state index < -0.39 is 0 Å². The van der Waals surface area contributed by atoms with Crippen LogP contribution < -0.4 is 0 Å². The maximum atomic E-state index is 2.54. The molecule has 1 aliphatic rings. The van der Waals surface area contributed by atoms with Crippen LogP contribution >= 0.6 is 0 Å². The number of benzene rings is 1. The Hall–Kier alpha value is -1.80. The summed E-state index contributed by atoms with van der Waals surface area (Å²) in [5.41, 5.74) is 4.19. The van der Waals surface area contributed by atoms with Crippen molar-refractivity contribution < 1.29 is 0 Å². The van der Waals surface area contributed by atoms with Gasteiger partial charge in [-0.25, -0.2) is 0 Å². The zero-order valence-corrected chi connectivity index (χ0v) is 12.3.